The van der Waals surface area contributed by atoms with E-state index < -0.39 is 8.80 Å². The van der Waals surface area contributed by atoms with Gasteiger partial charge in [0.1, 0.15) is 0 Å². The first-order valence-electron chi connectivity index (χ1n) is 7.48. The van der Waals surface area contributed by atoms with Crippen LogP contribution in [0.3, 0.4) is 0 Å². The smallest absolute Gasteiger partial charge is 0.377 e. The number of benzene rings is 1. The largest absolute Gasteiger partial charge is 0.500 e. The van der Waals surface area contributed by atoms with Crippen molar-refractivity contribution in [1.29, 1.82) is 0 Å². The van der Waals surface area contributed by atoms with Crippen molar-refractivity contribution >= 4 is 20.7 Å². The van der Waals surface area contributed by atoms with Crippen molar-refractivity contribution in [3.8, 4) is 0 Å². The maximum Gasteiger partial charge on any atom is 0.500 e. The van der Waals surface area contributed by atoms with Crippen molar-refractivity contribution in [3.63, 3.8) is 0 Å². The molecule has 1 rings (SSSR count). The van der Waals surface area contributed by atoms with E-state index in [1.54, 1.807) is 21.3 Å². The molecule has 0 aliphatic rings. The first-order chi connectivity index (χ1) is 11.2. The van der Waals surface area contributed by atoms with E-state index in [0.29, 0.717) is 6.54 Å². The minimum absolute atomic E-state index is 0.661. The van der Waals surface area contributed by atoms with Gasteiger partial charge in [0.25, 0.3) is 0 Å². The summed E-state index contributed by atoms with van der Waals surface area (Å²) in [4.78, 5) is 2.36. The summed E-state index contributed by atoms with van der Waals surface area (Å²) in [5, 5.41) is 0. The zero-order chi connectivity index (χ0) is 17.6. The average Bonchev–Trinajstić information content (AvgIpc) is 2.62. The third-order valence-electron chi connectivity index (χ3n) is 3.58. The standard InChI is InChI=1S/C15H28N2O3Si.ClHO/c1-18-21(19-2,20-3)13-7-11-17(12-10-16)14-15-8-5-4-6-9-15;1-2/h4-6,8-9H,7,10-14,16H2,1-3H3;2H. The Hall–Kier alpha value is -0.513. The fourth-order valence-corrected chi connectivity index (χ4v) is 4.07. The van der Waals surface area contributed by atoms with Gasteiger partial charge in [0.05, 0.1) is 11.9 Å². The second kappa shape index (κ2) is 13.9. The summed E-state index contributed by atoms with van der Waals surface area (Å²) in [6, 6.07) is 11.3. The van der Waals surface area contributed by atoms with Crippen LogP contribution in [0, 0.1) is 0 Å². The van der Waals surface area contributed by atoms with Gasteiger partial charge in [-0.1, -0.05) is 30.3 Å². The van der Waals surface area contributed by atoms with Gasteiger partial charge in [-0.15, -0.1) is 0 Å². The van der Waals surface area contributed by atoms with Crippen LogP contribution in [0.15, 0.2) is 30.3 Å². The van der Waals surface area contributed by atoms with Crippen molar-refractivity contribution < 1.29 is 17.9 Å². The van der Waals surface area contributed by atoms with E-state index in [1.807, 2.05) is 6.07 Å². The van der Waals surface area contributed by atoms with Crippen molar-refractivity contribution in [2.45, 2.75) is 19.0 Å². The average molecular weight is 365 g/mol. The topological polar surface area (TPSA) is 77.2 Å². The summed E-state index contributed by atoms with van der Waals surface area (Å²) in [5.74, 6) is 0. The van der Waals surface area contributed by atoms with Crippen LogP contribution < -0.4 is 5.73 Å². The van der Waals surface area contributed by atoms with Crippen molar-refractivity contribution in [2.24, 2.45) is 5.73 Å². The van der Waals surface area contributed by atoms with Crippen LogP contribution in [-0.2, 0) is 19.8 Å². The number of hydrogen-bond donors (Lipinski definition) is 2. The Kier molecular flexibility index (Phi) is 13.6. The molecule has 0 fully saturated rings. The van der Waals surface area contributed by atoms with E-state index in [-0.39, 0.29) is 0 Å². The lowest BCUT2D eigenvalue weighted by atomic mass is 10.2. The lowest BCUT2D eigenvalue weighted by molar-refractivity contribution is 0.121. The molecular weight excluding hydrogens is 336 g/mol. The molecule has 0 radical (unpaired) electrons. The Balaban J connectivity index is 0.00000232. The molecule has 0 spiro atoms. The molecule has 0 unspecified atom stereocenters. The maximum atomic E-state index is 6.47. The van der Waals surface area contributed by atoms with Crippen LogP contribution in [0.5, 0.6) is 0 Å². The van der Waals surface area contributed by atoms with E-state index >= 15 is 0 Å². The summed E-state index contributed by atoms with van der Waals surface area (Å²) in [7, 11) is 2.50. The van der Waals surface area contributed by atoms with Crippen molar-refractivity contribution in [2.75, 3.05) is 41.0 Å². The Morgan fingerprint density at radius 3 is 2.09 bits per heavy atom. The third-order valence-corrected chi connectivity index (χ3v) is 6.42. The summed E-state index contributed by atoms with van der Waals surface area (Å²) in [5.41, 5.74) is 7.02. The number of nitrogens with zero attached hydrogens (tertiary/aromatic N) is 1. The molecule has 0 atom stereocenters. The summed E-state index contributed by atoms with van der Waals surface area (Å²) >= 11 is 3.64. The van der Waals surface area contributed by atoms with Crippen LogP contribution >= 0.6 is 11.9 Å². The molecule has 1 aromatic carbocycles. The van der Waals surface area contributed by atoms with Crippen LogP contribution in [0.25, 0.3) is 0 Å². The maximum absolute atomic E-state index is 6.47. The quantitative estimate of drug-likeness (QED) is 0.583. The summed E-state index contributed by atoms with van der Waals surface area (Å²) in [6.45, 7) is 3.42. The molecule has 6 nitrogen and oxygen atoms in total. The highest BCUT2D eigenvalue weighted by molar-refractivity contribution is 6.60. The molecule has 0 aromatic heterocycles. The summed E-state index contributed by atoms with van der Waals surface area (Å²) < 4.78 is 22.8. The van der Waals surface area contributed by atoms with E-state index in [9.17, 15) is 0 Å². The van der Waals surface area contributed by atoms with Crippen molar-refractivity contribution in [3.05, 3.63) is 35.9 Å². The molecule has 0 heterocycles. The van der Waals surface area contributed by atoms with Gasteiger partial charge in [0.15, 0.2) is 0 Å². The fourth-order valence-electron chi connectivity index (χ4n) is 2.37. The van der Waals surface area contributed by atoms with E-state index in [4.69, 9.17) is 23.7 Å². The van der Waals surface area contributed by atoms with Gasteiger partial charge in [-0.25, -0.2) is 0 Å². The minimum atomic E-state index is -2.46. The lowest BCUT2D eigenvalue weighted by Gasteiger charge is -2.26. The van der Waals surface area contributed by atoms with Crippen molar-refractivity contribution in [1.82, 2.24) is 4.90 Å². The monoisotopic (exact) mass is 364 g/mol. The molecule has 3 N–H and O–H groups in total. The number of halogens is 1. The molecule has 0 aliphatic carbocycles. The molecule has 0 saturated carbocycles. The molecular formula is C15H29ClN2O4Si. The van der Waals surface area contributed by atoms with E-state index in [2.05, 4.69) is 41.0 Å². The molecule has 0 saturated heterocycles. The lowest BCUT2D eigenvalue weighted by Crippen LogP contribution is -2.43. The molecule has 8 heteroatoms. The van der Waals surface area contributed by atoms with Gasteiger partial charge in [-0.2, -0.15) is 0 Å². The molecule has 0 amide bonds. The second-order valence-corrected chi connectivity index (χ2v) is 8.04. The SMILES string of the molecule is CO[Si](CCCN(CCN)Cc1ccccc1)(OC)OC.OCl. The zero-order valence-corrected chi connectivity index (χ0v) is 16.0. The van der Waals surface area contributed by atoms with Crippen LogP contribution in [0.1, 0.15) is 12.0 Å². The Morgan fingerprint density at radius 1 is 1.04 bits per heavy atom. The Labute approximate surface area is 145 Å². The highest BCUT2D eigenvalue weighted by Gasteiger charge is 2.36. The molecule has 23 heavy (non-hydrogen) atoms. The zero-order valence-electron chi connectivity index (χ0n) is 14.2. The van der Waals surface area contributed by atoms with Gasteiger partial charge >= 0.3 is 8.80 Å². The fraction of sp³-hybridized carbons (Fsp3) is 0.600. The summed E-state index contributed by atoms with van der Waals surface area (Å²) in [6.07, 6.45) is 0.967. The number of hydrogen-bond acceptors (Lipinski definition) is 6. The number of nitrogens with two attached hydrogens (primary N) is 1. The predicted molar refractivity (Wildman–Crippen MR) is 95.1 cm³/mol. The normalized spacial score (nSPS) is 11.3. The molecule has 0 bridgehead atoms. The second-order valence-electron chi connectivity index (χ2n) is 4.95. The van der Waals surface area contributed by atoms with Crippen LogP contribution in [0.4, 0.5) is 0 Å². The van der Waals surface area contributed by atoms with Gasteiger partial charge in [0, 0.05) is 47.0 Å². The van der Waals surface area contributed by atoms with E-state index in [0.717, 1.165) is 32.1 Å². The predicted octanol–water partition coefficient (Wildman–Crippen LogP) is 1.85. The van der Waals surface area contributed by atoms with E-state index in [1.165, 1.54) is 5.56 Å². The molecule has 0 aliphatic heterocycles. The third kappa shape index (κ3) is 8.78. The first-order valence-corrected chi connectivity index (χ1v) is 9.75. The van der Waals surface area contributed by atoms with Gasteiger partial charge in [0.2, 0.25) is 0 Å². The van der Waals surface area contributed by atoms with Gasteiger partial charge < -0.3 is 19.0 Å². The molecule has 134 valence electrons. The minimum Gasteiger partial charge on any atom is -0.377 e. The van der Waals surface area contributed by atoms with Gasteiger partial charge in [-0.05, 0) is 18.5 Å². The number of rotatable bonds is 11. The van der Waals surface area contributed by atoms with Gasteiger partial charge in [-0.3, -0.25) is 9.56 Å². The highest BCUT2D eigenvalue weighted by atomic mass is 35.5. The molecule has 1 aromatic rings. The van der Waals surface area contributed by atoms with Crippen LogP contribution in [-0.4, -0.2) is 59.3 Å². The Morgan fingerprint density at radius 2 is 1.61 bits per heavy atom. The van der Waals surface area contributed by atoms with Crippen LogP contribution in [0.2, 0.25) is 6.04 Å². The first kappa shape index (κ1) is 22.5. The highest BCUT2D eigenvalue weighted by Crippen LogP contribution is 2.16. The Bertz CT molecular complexity index is 375.